The maximum Gasteiger partial charge on any atom is 0.260 e. The van der Waals surface area contributed by atoms with Gasteiger partial charge in [-0.25, -0.2) is 0 Å². The largest absolute Gasteiger partial charge is 0.321 e. The molecule has 6 heteroatoms. The molecule has 2 amide bonds. The van der Waals surface area contributed by atoms with Crippen molar-refractivity contribution in [2.24, 2.45) is 0 Å². The third kappa shape index (κ3) is 4.53. The fourth-order valence-corrected chi connectivity index (χ4v) is 3.38. The number of nitrogens with one attached hydrogen (secondary N) is 1. The van der Waals surface area contributed by atoms with Gasteiger partial charge in [0, 0.05) is 27.8 Å². The third-order valence-electron chi connectivity index (χ3n) is 4.16. The van der Waals surface area contributed by atoms with Crippen molar-refractivity contribution in [1.82, 2.24) is 0 Å². The normalized spacial score (nSPS) is 10.4. The average molecular weight is 413 g/mol. The number of amides is 2. The second-order valence-corrected chi connectivity index (χ2v) is 6.92. The Morgan fingerprint density at radius 2 is 1.50 bits per heavy atom. The summed E-state index contributed by atoms with van der Waals surface area (Å²) in [6, 6.07) is 20.9. The molecule has 1 N–H and O–H groups in total. The van der Waals surface area contributed by atoms with E-state index >= 15 is 0 Å². The molecule has 4 nitrogen and oxygen atoms in total. The van der Waals surface area contributed by atoms with E-state index in [2.05, 4.69) is 5.32 Å². The van der Waals surface area contributed by atoms with Crippen LogP contribution in [0, 0.1) is 0 Å². The molecule has 142 valence electrons. The highest BCUT2D eigenvalue weighted by Gasteiger charge is 2.20. The van der Waals surface area contributed by atoms with Gasteiger partial charge in [-0.2, -0.15) is 0 Å². The highest BCUT2D eigenvalue weighted by molar-refractivity contribution is 6.35. The number of para-hydroxylation sites is 2. The van der Waals surface area contributed by atoms with E-state index in [4.69, 9.17) is 23.2 Å². The van der Waals surface area contributed by atoms with Crippen LogP contribution in [0.5, 0.6) is 0 Å². The van der Waals surface area contributed by atoms with Gasteiger partial charge >= 0.3 is 0 Å². The molecular weight excluding hydrogens is 395 g/mol. The molecular formula is C22H18Cl2N2O2. The van der Waals surface area contributed by atoms with E-state index in [-0.39, 0.29) is 5.91 Å². The molecule has 0 saturated carbocycles. The third-order valence-corrected chi connectivity index (χ3v) is 4.60. The summed E-state index contributed by atoms with van der Waals surface area (Å²) in [7, 11) is 0. The smallest absolute Gasteiger partial charge is 0.260 e. The minimum Gasteiger partial charge on any atom is -0.321 e. The summed E-state index contributed by atoms with van der Waals surface area (Å²) < 4.78 is 0. The Morgan fingerprint density at radius 1 is 0.893 bits per heavy atom. The van der Waals surface area contributed by atoms with Crippen LogP contribution in [-0.2, 0) is 0 Å². The van der Waals surface area contributed by atoms with Gasteiger partial charge in [-0.1, -0.05) is 53.5 Å². The van der Waals surface area contributed by atoms with E-state index in [1.807, 2.05) is 37.3 Å². The number of rotatable bonds is 5. The molecule has 0 fully saturated rings. The van der Waals surface area contributed by atoms with Crippen LogP contribution in [0.25, 0.3) is 0 Å². The SMILES string of the molecule is CCN(C(=O)c1ccccc1NC(=O)c1cc(Cl)cc(Cl)c1)c1ccccc1. The fourth-order valence-electron chi connectivity index (χ4n) is 2.85. The predicted molar refractivity (Wildman–Crippen MR) is 115 cm³/mol. The van der Waals surface area contributed by atoms with Crippen molar-refractivity contribution in [3.8, 4) is 0 Å². The maximum absolute atomic E-state index is 13.2. The lowest BCUT2D eigenvalue weighted by Gasteiger charge is -2.22. The summed E-state index contributed by atoms with van der Waals surface area (Å²) in [5.74, 6) is -0.596. The van der Waals surface area contributed by atoms with E-state index < -0.39 is 5.91 Å². The summed E-state index contributed by atoms with van der Waals surface area (Å²) in [5, 5.41) is 3.52. The molecule has 0 radical (unpaired) electrons. The Labute approximate surface area is 173 Å². The molecule has 3 aromatic carbocycles. The maximum atomic E-state index is 13.2. The minimum absolute atomic E-state index is 0.200. The van der Waals surface area contributed by atoms with Gasteiger partial charge in [0.05, 0.1) is 11.3 Å². The van der Waals surface area contributed by atoms with Crippen molar-refractivity contribution in [3.63, 3.8) is 0 Å². The van der Waals surface area contributed by atoms with Gasteiger partial charge in [0.1, 0.15) is 0 Å². The second-order valence-electron chi connectivity index (χ2n) is 6.04. The van der Waals surface area contributed by atoms with Crippen LogP contribution in [0.1, 0.15) is 27.6 Å². The first-order valence-corrected chi connectivity index (χ1v) is 9.48. The van der Waals surface area contributed by atoms with Crippen molar-refractivity contribution in [3.05, 3.63) is 94.0 Å². The monoisotopic (exact) mass is 412 g/mol. The number of carbonyl (C=O) groups excluding carboxylic acids is 2. The highest BCUT2D eigenvalue weighted by atomic mass is 35.5. The lowest BCUT2D eigenvalue weighted by molar-refractivity contribution is 0.0989. The van der Waals surface area contributed by atoms with E-state index in [0.717, 1.165) is 5.69 Å². The van der Waals surface area contributed by atoms with Crippen LogP contribution in [0.15, 0.2) is 72.8 Å². The van der Waals surface area contributed by atoms with E-state index in [0.29, 0.717) is 33.4 Å². The molecule has 0 saturated heterocycles. The number of nitrogens with zero attached hydrogens (tertiary/aromatic N) is 1. The zero-order valence-electron chi connectivity index (χ0n) is 15.2. The molecule has 0 bridgehead atoms. The van der Waals surface area contributed by atoms with Crippen molar-refractivity contribution >= 4 is 46.4 Å². The number of anilines is 2. The first-order chi connectivity index (χ1) is 13.5. The fraction of sp³-hybridized carbons (Fsp3) is 0.0909. The lowest BCUT2D eigenvalue weighted by Crippen LogP contribution is -2.31. The molecule has 3 rings (SSSR count). The summed E-state index contributed by atoms with van der Waals surface area (Å²) in [5.41, 5.74) is 1.92. The summed E-state index contributed by atoms with van der Waals surface area (Å²) in [6.07, 6.45) is 0. The molecule has 3 aromatic rings. The van der Waals surface area contributed by atoms with Gasteiger partial charge < -0.3 is 10.2 Å². The quantitative estimate of drug-likeness (QED) is 0.565. The number of hydrogen-bond donors (Lipinski definition) is 1. The van der Waals surface area contributed by atoms with Gasteiger partial charge in [-0.05, 0) is 49.4 Å². The number of carbonyl (C=O) groups is 2. The summed E-state index contributed by atoms with van der Waals surface area (Å²) in [4.78, 5) is 27.5. The number of hydrogen-bond acceptors (Lipinski definition) is 2. The van der Waals surface area contributed by atoms with Gasteiger partial charge in [-0.3, -0.25) is 9.59 Å². The topological polar surface area (TPSA) is 49.4 Å². The van der Waals surface area contributed by atoms with Crippen LogP contribution in [-0.4, -0.2) is 18.4 Å². The van der Waals surface area contributed by atoms with Crippen molar-refractivity contribution in [2.75, 3.05) is 16.8 Å². The van der Waals surface area contributed by atoms with E-state index in [1.54, 1.807) is 35.2 Å². The molecule has 0 heterocycles. The van der Waals surface area contributed by atoms with Crippen molar-refractivity contribution in [1.29, 1.82) is 0 Å². The van der Waals surface area contributed by atoms with E-state index in [1.165, 1.54) is 12.1 Å². The standard InChI is InChI=1S/C22H18Cl2N2O2/c1-2-26(18-8-4-3-5-9-18)22(28)19-10-6-7-11-20(19)25-21(27)15-12-16(23)14-17(24)13-15/h3-14H,2H2,1H3,(H,25,27). The first kappa shape index (κ1) is 19.9. The first-order valence-electron chi connectivity index (χ1n) is 8.73. The Hall–Kier alpha value is -2.82. The van der Waals surface area contributed by atoms with Crippen LogP contribution >= 0.6 is 23.2 Å². The minimum atomic E-state index is -0.396. The van der Waals surface area contributed by atoms with Gasteiger partial charge in [-0.15, -0.1) is 0 Å². The van der Waals surface area contributed by atoms with Gasteiger partial charge in [0.15, 0.2) is 0 Å². The van der Waals surface area contributed by atoms with Crippen LogP contribution in [0.2, 0.25) is 10.0 Å². The lowest BCUT2D eigenvalue weighted by atomic mass is 10.1. The molecule has 0 aliphatic heterocycles. The summed E-state index contributed by atoms with van der Waals surface area (Å²) >= 11 is 12.0. The molecule has 0 aliphatic rings. The van der Waals surface area contributed by atoms with Gasteiger partial charge in [0.25, 0.3) is 11.8 Å². The van der Waals surface area contributed by atoms with Crippen LogP contribution in [0.4, 0.5) is 11.4 Å². The Morgan fingerprint density at radius 3 is 2.14 bits per heavy atom. The van der Waals surface area contributed by atoms with Crippen LogP contribution < -0.4 is 10.2 Å². The molecule has 0 atom stereocenters. The van der Waals surface area contributed by atoms with Crippen molar-refractivity contribution < 1.29 is 9.59 Å². The summed E-state index contributed by atoms with van der Waals surface area (Å²) in [6.45, 7) is 2.40. The number of halogens is 2. The Bertz CT molecular complexity index is 986. The highest BCUT2D eigenvalue weighted by Crippen LogP contribution is 2.24. The second kappa shape index (κ2) is 8.91. The number of benzene rings is 3. The van der Waals surface area contributed by atoms with Crippen LogP contribution in [0.3, 0.4) is 0 Å². The van der Waals surface area contributed by atoms with E-state index in [9.17, 15) is 9.59 Å². The Kier molecular flexibility index (Phi) is 6.34. The predicted octanol–water partition coefficient (Wildman–Crippen LogP) is 5.91. The molecule has 0 unspecified atom stereocenters. The molecule has 0 aliphatic carbocycles. The molecule has 0 aromatic heterocycles. The molecule has 0 spiro atoms. The zero-order chi connectivity index (χ0) is 20.1. The zero-order valence-corrected chi connectivity index (χ0v) is 16.7. The van der Waals surface area contributed by atoms with Crippen molar-refractivity contribution in [2.45, 2.75) is 6.92 Å². The average Bonchev–Trinajstić information content (AvgIpc) is 2.69. The molecule has 28 heavy (non-hydrogen) atoms. The Balaban J connectivity index is 1.90. The van der Waals surface area contributed by atoms with Gasteiger partial charge in [0.2, 0.25) is 0 Å².